The van der Waals surface area contributed by atoms with Gasteiger partial charge in [-0.15, -0.1) is 0 Å². The zero-order valence-electron chi connectivity index (χ0n) is 17.1. The molecule has 6 nitrogen and oxygen atoms in total. The maximum Gasteiger partial charge on any atom is 0.266 e. The average molecular weight is 457 g/mol. The van der Waals surface area contributed by atoms with E-state index in [0.29, 0.717) is 15.6 Å². The molecule has 162 valence electrons. The Morgan fingerprint density at radius 2 is 1.94 bits per heavy atom. The van der Waals surface area contributed by atoms with Crippen LogP contribution in [0.5, 0.6) is 5.75 Å². The average Bonchev–Trinajstić information content (AvgIpc) is 3.05. The number of aliphatic hydroxyl groups is 1. The maximum atomic E-state index is 12.7. The Morgan fingerprint density at radius 1 is 1.23 bits per heavy atom. The fourth-order valence-electron chi connectivity index (χ4n) is 3.12. The summed E-state index contributed by atoms with van der Waals surface area (Å²) in [5.74, 6) is 0.300. The zero-order valence-corrected chi connectivity index (χ0v) is 18.7. The second kappa shape index (κ2) is 11.1. The molecule has 0 radical (unpaired) electrons. The van der Waals surface area contributed by atoms with Gasteiger partial charge in [-0.25, -0.2) is 0 Å². The normalized spacial score (nSPS) is 15.9. The van der Waals surface area contributed by atoms with E-state index in [1.54, 1.807) is 13.2 Å². The van der Waals surface area contributed by atoms with E-state index in [-0.39, 0.29) is 37.4 Å². The van der Waals surface area contributed by atoms with Crippen LogP contribution in [0.25, 0.3) is 6.08 Å². The number of nitrogens with one attached hydrogen (secondary N) is 1. The Balaban J connectivity index is 1.54. The van der Waals surface area contributed by atoms with Crippen molar-refractivity contribution < 1.29 is 19.4 Å². The lowest BCUT2D eigenvalue weighted by Gasteiger charge is -2.18. The lowest BCUT2D eigenvalue weighted by Crippen LogP contribution is -2.41. The van der Waals surface area contributed by atoms with Gasteiger partial charge in [-0.1, -0.05) is 66.4 Å². The van der Waals surface area contributed by atoms with E-state index in [4.69, 9.17) is 17.0 Å². The second-order valence-corrected chi connectivity index (χ2v) is 8.67. The molecule has 2 aromatic rings. The fourth-order valence-corrected chi connectivity index (χ4v) is 4.43. The third-order valence-corrected chi connectivity index (χ3v) is 6.14. The highest BCUT2D eigenvalue weighted by Crippen LogP contribution is 2.32. The summed E-state index contributed by atoms with van der Waals surface area (Å²) in [7, 11) is 1.60. The summed E-state index contributed by atoms with van der Waals surface area (Å²) in [5, 5.41) is 12.4. The summed E-state index contributed by atoms with van der Waals surface area (Å²) in [6.45, 7) is 0.0340. The number of ether oxygens (including phenoxy) is 1. The zero-order chi connectivity index (χ0) is 22.2. The van der Waals surface area contributed by atoms with Crippen molar-refractivity contribution in [3.8, 4) is 5.75 Å². The molecule has 1 atom stereocenters. The number of hydrogen-bond acceptors (Lipinski definition) is 6. The van der Waals surface area contributed by atoms with Crippen molar-refractivity contribution in [1.82, 2.24) is 10.2 Å². The van der Waals surface area contributed by atoms with E-state index in [1.807, 2.05) is 54.6 Å². The number of carbonyl (C=O) groups is 2. The van der Waals surface area contributed by atoms with Gasteiger partial charge in [0.2, 0.25) is 5.91 Å². The minimum atomic E-state index is -0.379. The van der Waals surface area contributed by atoms with E-state index in [0.717, 1.165) is 16.9 Å². The summed E-state index contributed by atoms with van der Waals surface area (Å²) >= 11 is 6.56. The van der Waals surface area contributed by atoms with Gasteiger partial charge in [0.05, 0.1) is 24.7 Å². The largest absolute Gasteiger partial charge is 0.497 e. The van der Waals surface area contributed by atoms with Crippen molar-refractivity contribution in [3.63, 3.8) is 0 Å². The second-order valence-electron chi connectivity index (χ2n) is 6.99. The number of thiocarbonyl (C=S) groups is 1. The number of hydrogen-bond donors (Lipinski definition) is 2. The van der Waals surface area contributed by atoms with Crippen LogP contribution in [0.3, 0.4) is 0 Å². The van der Waals surface area contributed by atoms with E-state index >= 15 is 0 Å². The molecule has 2 N–H and O–H groups in total. The van der Waals surface area contributed by atoms with Crippen LogP contribution in [-0.2, 0) is 16.0 Å². The summed E-state index contributed by atoms with van der Waals surface area (Å²) in [4.78, 5) is 27.1. The van der Waals surface area contributed by atoms with Crippen LogP contribution in [0.15, 0.2) is 59.5 Å². The lowest BCUT2D eigenvalue weighted by atomic mass is 10.1. The number of rotatable bonds is 9. The molecule has 0 unspecified atom stereocenters. The number of aliphatic hydroxyl groups excluding tert-OH is 1. The quantitative estimate of drug-likeness (QED) is 0.446. The number of amides is 2. The first kappa shape index (κ1) is 23.0. The SMILES string of the molecule is COc1ccc(/C=C2/SC(=S)N(CCC(=O)N[C@H](CO)Cc3ccccc3)C2=O)cc1. The molecule has 2 amide bonds. The van der Waals surface area contributed by atoms with Crippen molar-refractivity contribution in [2.75, 3.05) is 20.3 Å². The number of thioether (sulfide) groups is 1. The molecule has 0 spiro atoms. The van der Waals surface area contributed by atoms with Gasteiger partial charge in [0.1, 0.15) is 10.1 Å². The fraction of sp³-hybridized carbons (Fsp3) is 0.261. The molecular weight excluding hydrogens is 432 g/mol. The van der Waals surface area contributed by atoms with Gasteiger partial charge < -0.3 is 15.2 Å². The molecule has 1 saturated heterocycles. The molecule has 0 saturated carbocycles. The third-order valence-electron chi connectivity index (χ3n) is 4.76. The van der Waals surface area contributed by atoms with Gasteiger partial charge in [0.25, 0.3) is 5.91 Å². The highest BCUT2D eigenvalue weighted by atomic mass is 32.2. The lowest BCUT2D eigenvalue weighted by molar-refractivity contribution is -0.124. The monoisotopic (exact) mass is 456 g/mol. The summed E-state index contributed by atoms with van der Waals surface area (Å²) in [5.41, 5.74) is 1.90. The molecular formula is C23H24N2O4S2. The highest BCUT2D eigenvalue weighted by Gasteiger charge is 2.32. The van der Waals surface area contributed by atoms with Crippen LogP contribution < -0.4 is 10.1 Å². The summed E-state index contributed by atoms with van der Waals surface area (Å²) in [6.07, 6.45) is 2.42. The number of nitrogens with zero attached hydrogens (tertiary/aromatic N) is 1. The molecule has 1 aliphatic heterocycles. The first-order valence-corrected chi connectivity index (χ1v) is 11.1. The number of carbonyl (C=O) groups excluding carboxylic acids is 2. The molecule has 2 aromatic carbocycles. The molecule has 1 fully saturated rings. The Labute approximate surface area is 191 Å². The summed E-state index contributed by atoms with van der Waals surface area (Å²) < 4.78 is 5.57. The smallest absolute Gasteiger partial charge is 0.266 e. The number of benzene rings is 2. The van der Waals surface area contributed by atoms with Crippen LogP contribution in [0.4, 0.5) is 0 Å². The van der Waals surface area contributed by atoms with Gasteiger partial charge in [-0.2, -0.15) is 0 Å². The van der Waals surface area contributed by atoms with Gasteiger partial charge in [0, 0.05) is 13.0 Å². The van der Waals surface area contributed by atoms with E-state index < -0.39 is 0 Å². The van der Waals surface area contributed by atoms with Crippen LogP contribution in [0.1, 0.15) is 17.5 Å². The van der Waals surface area contributed by atoms with Crippen molar-refractivity contribution in [3.05, 3.63) is 70.6 Å². The Hall–Kier alpha value is -2.68. The van der Waals surface area contributed by atoms with E-state index in [9.17, 15) is 14.7 Å². The summed E-state index contributed by atoms with van der Waals surface area (Å²) in [6, 6.07) is 16.6. The van der Waals surface area contributed by atoms with Gasteiger partial charge in [0.15, 0.2) is 0 Å². The molecule has 3 rings (SSSR count). The van der Waals surface area contributed by atoms with Gasteiger partial charge in [-0.3, -0.25) is 14.5 Å². The molecule has 8 heteroatoms. The predicted molar refractivity (Wildman–Crippen MR) is 127 cm³/mol. The molecule has 0 bridgehead atoms. The number of methoxy groups -OCH3 is 1. The topological polar surface area (TPSA) is 78.9 Å². The van der Waals surface area contributed by atoms with E-state index in [1.165, 1.54) is 16.7 Å². The Kier molecular flexibility index (Phi) is 8.22. The Bertz CT molecular complexity index is 961. The predicted octanol–water partition coefficient (Wildman–Crippen LogP) is 3.01. The highest BCUT2D eigenvalue weighted by molar-refractivity contribution is 8.26. The first-order chi connectivity index (χ1) is 15.0. The Morgan fingerprint density at radius 3 is 2.58 bits per heavy atom. The molecule has 0 aromatic heterocycles. The first-order valence-electron chi connectivity index (χ1n) is 9.83. The minimum absolute atomic E-state index is 0.105. The van der Waals surface area contributed by atoms with Crippen molar-refractivity contribution >= 4 is 46.2 Å². The van der Waals surface area contributed by atoms with Crippen LogP contribution in [0.2, 0.25) is 0 Å². The van der Waals surface area contributed by atoms with Crippen LogP contribution >= 0.6 is 24.0 Å². The van der Waals surface area contributed by atoms with Gasteiger partial charge in [-0.05, 0) is 35.8 Å². The molecule has 1 aliphatic rings. The molecule has 1 heterocycles. The van der Waals surface area contributed by atoms with Crippen LogP contribution in [-0.4, -0.2) is 52.4 Å². The standard InChI is InChI=1S/C23H24N2O4S2/c1-29-19-9-7-17(8-10-19)14-20-22(28)25(23(30)31-20)12-11-21(27)24-18(15-26)13-16-5-3-2-4-6-16/h2-10,14,18,26H,11-13,15H2,1H3,(H,24,27)/b20-14+/t18-/m0/s1. The van der Waals surface area contributed by atoms with Crippen molar-refractivity contribution in [2.24, 2.45) is 0 Å². The van der Waals surface area contributed by atoms with Gasteiger partial charge >= 0.3 is 0 Å². The maximum absolute atomic E-state index is 12.7. The third kappa shape index (κ3) is 6.40. The molecule has 0 aliphatic carbocycles. The van der Waals surface area contributed by atoms with Crippen molar-refractivity contribution in [2.45, 2.75) is 18.9 Å². The molecule has 31 heavy (non-hydrogen) atoms. The van der Waals surface area contributed by atoms with E-state index in [2.05, 4.69) is 5.32 Å². The van der Waals surface area contributed by atoms with Crippen LogP contribution in [0, 0.1) is 0 Å². The minimum Gasteiger partial charge on any atom is -0.497 e. The van der Waals surface area contributed by atoms with Crippen molar-refractivity contribution in [1.29, 1.82) is 0 Å².